The molecule has 1 aliphatic rings. The van der Waals surface area contributed by atoms with Crippen LogP contribution in [0.4, 0.5) is 0 Å². The largest absolute Gasteiger partial charge is 0.480 e. The topological polar surface area (TPSA) is 111 Å². The molecule has 9 heteroatoms. The van der Waals surface area contributed by atoms with Crippen molar-refractivity contribution < 1.29 is 23.1 Å². The van der Waals surface area contributed by atoms with Crippen molar-refractivity contribution in [2.24, 2.45) is 0 Å². The Hall–Kier alpha value is -1.45. The van der Waals surface area contributed by atoms with Gasteiger partial charge in [0.15, 0.2) is 0 Å². The average molecular weight is 289 g/mol. The van der Waals surface area contributed by atoms with Crippen LogP contribution in [0.25, 0.3) is 0 Å². The molecule has 0 bridgehead atoms. The molecular weight excluding hydrogens is 274 g/mol. The Bertz CT molecular complexity index is 547. The molecule has 2 N–H and O–H groups in total. The van der Waals surface area contributed by atoms with Crippen molar-refractivity contribution in [2.75, 3.05) is 13.2 Å². The summed E-state index contributed by atoms with van der Waals surface area (Å²) in [5, 5.41) is 12.3. The number of sulfonamides is 1. The second-order valence-corrected chi connectivity index (χ2v) is 6.02. The minimum Gasteiger partial charge on any atom is -0.480 e. The zero-order valence-electron chi connectivity index (χ0n) is 10.2. The van der Waals surface area contributed by atoms with Gasteiger partial charge in [0.25, 0.3) is 0 Å². The second kappa shape index (κ2) is 5.68. The quantitative estimate of drug-likeness (QED) is 0.725. The Morgan fingerprint density at radius 1 is 1.63 bits per heavy atom. The van der Waals surface area contributed by atoms with Crippen LogP contribution in [0.3, 0.4) is 0 Å². The van der Waals surface area contributed by atoms with Crippen LogP contribution >= 0.6 is 0 Å². The number of carboxylic acids is 1. The van der Waals surface area contributed by atoms with Crippen LogP contribution in [0.2, 0.25) is 0 Å². The molecule has 1 unspecified atom stereocenters. The molecule has 0 amide bonds. The normalized spacial score (nSPS) is 19.7. The molecular formula is C10H15N3O5S. The van der Waals surface area contributed by atoms with Gasteiger partial charge in [0.05, 0.1) is 12.3 Å². The fourth-order valence-corrected chi connectivity index (χ4v) is 2.82. The first kappa shape index (κ1) is 14.0. The summed E-state index contributed by atoms with van der Waals surface area (Å²) in [6.45, 7) is 0.497. The first-order valence-electron chi connectivity index (χ1n) is 5.83. The smallest absolute Gasteiger partial charge is 0.325 e. The number of nitrogens with one attached hydrogen (secondary N) is 1. The molecule has 2 heterocycles. The van der Waals surface area contributed by atoms with Crippen LogP contribution in [-0.2, 0) is 26.1 Å². The van der Waals surface area contributed by atoms with Crippen LogP contribution in [0.15, 0.2) is 17.3 Å². The molecule has 0 aromatic carbocycles. The third-order valence-corrected chi connectivity index (χ3v) is 4.12. The maximum Gasteiger partial charge on any atom is 0.325 e. The molecule has 1 aliphatic heterocycles. The summed E-state index contributed by atoms with van der Waals surface area (Å²) >= 11 is 0. The monoisotopic (exact) mass is 289 g/mol. The van der Waals surface area contributed by atoms with Gasteiger partial charge >= 0.3 is 5.97 Å². The van der Waals surface area contributed by atoms with Crippen molar-refractivity contribution in [3.05, 3.63) is 12.4 Å². The lowest BCUT2D eigenvalue weighted by Gasteiger charge is -2.10. The highest BCUT2D eigenvalue weighted by Gasteiger charge is 2.21. The van der Waals surface area contributed by atoms with E-state index < -0.39 is 16.0 Å². The average Bonchev–Trinajstić information content (AvgIpc) is 2.96. The molecule has 1 aromatic rings. The van der Waals surface area contributed by atoms with Crippen LogP contribution in [0, 0.1) is 0 Å². The van der Waals surface area contributed by atoms with Crippen LogP contribution in [0.5, 0.6) is 0 Å². The standard InChI is InChI=1S/C10H15N3O5S/c14-10(15)7-13-6-9(5-11-13)19(16,17)12-4-8-2-1-3-18-8/h5-6,8,12H,1-4,7H2,(H,14,15). The van der Waals surface area contributed by atoms with E-state index in [-0.39, 0.29) is 24.1 Å². The number of carbonyl (C=O) groups is 1. The van der Waals surface area contributed by atoms with E-state index in [9.17, 15) is 13.2 Å². The number of hydrogen-bond acceptors (Lipinski definition) is 5. The van der Waals surface area contributed by atoms with Gasteiger partial charge in [-0.1, -0.05) is 0 Å². The van der Waals surface area contributed by atoms with Crippen molar-refractivity contribution >= 4 is 16.0 Å². The van der Waals surface area contributed by atoms with E-state index in [2.05, 4.69) is 9.82 Å². The Labute approximate surface area is 110 Å². The van der Waals surface area contributed by atoms with Crippen molar-refractivity contribution in [3.8, 4) is 0 Å². The number of ether oxygens (including phenoxy) is 1. The highest BCUT2D eigenvalue weighted by Crippen LogP contribution is 2.12. The number of aliphatic carboxylic acids is 1. The van der Waals surface area contributed by atoms with Gasteiger partial charge in [-0.25, -0.2) is 13.1 Å². The molecule has 8 nitrogen and oxygen atoms in total. The molecule has 0 aliphatic carbocycles. The Morgan fingerprint density at radius 2 is 2.42 bits per heavy atom. The zero-order valence-corrected chi connectivity index (χ0v) is 11.0. The van der Waals surface area contributed by atoms with Gasteiger partial charge in [0, 0.05) is 19.3 Å². The SMILES string of the molecule is O=C(O)Cn1cc(S(=O)(=O)NCC2CCCO2)cn1. The Balaban J connectivity index is 1.98. The molecule has 1 fully saturated rings. The van der Waals surface area contributed by atoms with Gasteiger partial charge in [-0.3, -0.25) is 9.48 Å². The van der Waals surface area contributed by atoms with Gasteiger partial charge < -0.3 is 9.84 Å². The lowest BCUT2D eigenvalue weighted by Crippen LogP contribution is -2.31. The van der Waals surface area contributed by atoms with E-state index in [1.165, 1.54) is 6.20 Å². The molecule has 19 heavy (non-hydrogen) atoms. The highest BCUT2D eigenvalue weighted by molar-refractivity contribution is 7.89. The van der Waals surface area contributed by atoms with E-state index in [4.69, 9.17) is 9.84 Å². The molecule has 106 valence electrons. The minimum atomic E-state index is -3.67. The van der Waals surface area contributed by atoms with Gasteiger partial charge in [0.2, 0.25) is 10.0 Å². The summed E-state index contributed by atoms with van der Waals surface area (Å²) in [5.41, 5.74) is 0. The molecule has 1 atom stereocenters. The summed E-state index contributed by atoms with van der Waals surface area (Å²) in [4.78, 5) is 10.4. The summed E-state index contributed by atoms with van der Waals surface area (Å²) < 4.78 is 32.6. The predicted octanol–water partition coefficient (Wildman–Crippen LogP) is -0.575. The maximum atomic E-state index is 11.9. The fraction of sp³-hybridized carbons (Fsp3) is 0.600. The van der Waals surface area contributed by atoms with Gasteiger partial charge in [-0.2, -0.15) is 5.10 Å². The maximum absolute atomic E-state index is 11.9. The van der Waals surface area contributed by atoms with Crippen LogP contribution in [-0.4, -0.2) is 48.5 Å². The second-order valence-electron chi connectivity index (χ2n) is 4.25. The number of rotatable bonds is 6. The van der Waals surface area contributed by atoms with Gasteiger partial charge in [-0.15, -0.1) is 0 Å². The zero-order chi connectivity index (χ0) is 13.9. The molecule has 0 radical (unpaired) electrons. The summed E-state index contributed by atoms with van der Waals surface area (Å²) in [7, 11) is -3.67. The van der Waals surface area contributed by atoms with Crippen molar-refractivity contribution in [1.82, 2.24) is 14.5 Å². The van der Waals surface area contributed by atoms with E-state index in [1.807, 2.05) is 0 Å². The van der Waals surface area contributed by atoms with Crippen molar-refractivity contribution in [3.63, 3.8) is 0 Å². The number of carboxylic acid groups (broad SMARTS) is 1. The van der Waals surface area contributed by atoms with Crippen molar-refractivity contribution in [1.29, 1.82) is 0 Å². The van der Waals surface area contributed by atoms with Gasteiger partial charge in [-0.05, 0) is 12.8 Å². The third kappa shape index (κ3) is 3.75. The molecule has 0 spiro atoms. The van der Waals surface area contributed by atoms with E-state index in [0.717, 1.165) is 23.7 Å². The van der Waals surface area contributed by atoms with Crippen LogP contribution < -0.4 is 4.72 Å². The van der Waals surface area contributed by atoms with E-state index in [1.54, 1.807) is 0 Å². The summed E-state index contributed by atoms with van der Waals surface area (Å²) in [6.07, 6.45) is 3.99. The highest BCUT2D eigenvalue weighted by atomic mass is 32.2. The first-order valence-corrected chi connectivity index (χ1v) is 7.31. The number of nitrogens with zero attached hydrogens (tertiary/aromatic N) is 2. The fourth-order valence-electron chi connectivity index (χ4n) is 1.80. The lowest BCUT2D eigenvalue weighted by atomic mass is 10.2. The van der Waals surface area contributed by atoms with E-state index >= 15 is 0 Å². The number of aromatic nitrogens is 2. The minimum absolute atomic E-state index is 0.0493. The van der Waals surface area contributed by atoms with Crippen LogP contribution in [0.1, 0.15) is 12.8 Å². The molecule has 1 saturated heterocycles. The first-order chi connectivity index (χ1) is 8.97. The summed E-state index contributed by atoms with van der Waals surface area (Å²) in [6, 6.07) is 0. The summed E-state index contributed by atoms with van der Waals surface area (Å²) in [5.74, 6) is -1.08. The Morgan fingerprint density at radius 3 is 3.05 bits per heavy atom. The molecule has 1 aromatic heterocycles. The number of hydrogen-bond donors (Lipinski definition) is 2. The Kier molecular flexibility index (Phi) is 4.17. The lowest BCUT2D eigenvalue weighted by molar-refractivity contribution is -0.137. The predicted molar refractivity (Wildman–Crippen MR) is 64.0 cm³/mol. The van der Waals surface area contributed by atoms with E-state index in [0.29, 0.717) is 6.61 Å². The van der Waals surface area contributed by atoms with Gasteiger partial charge in [0.1, 0.15) is 11.4 Å². The van der Waals surface area contributed by atoms with Crippen molar-refractivity contribution in [2.45, 2.75) is 30.4 Å². The molecule has 0 saturated carbocycles. The molecule has 2 rings (SSSR count). The third-order valence-electron chi connectivity index (χ3n) is 2.74.